The van der Waals surface area contributed by atoms with Gasteiger partial charge in [-0.1, -0.05) is 24.3 Å². The third kappa shape index (κ3) is 6.02. The molecule has 0 unspecified atom stereocenters. The Morgan fingerprint density at radius 1 is 1.11 bits per heavy atom. The number of nitrogens with zero attached hydrogens (tertiary/aromatic N) is 3. The van der Waals surface area contributed by atoms with Gasteiger partial charge in [-0.25, -0.2) is 9.97 Å². The predicted octanol–water partition coefficient (Wildman–Crippen LogP) is 5.57. The van der Waals surface area contributed by atoms with Gasteiger partial charge in [0, 0.05) is 35.6 Å². The van der Waals surface area contributed by atoms with Crippen molar-refractivity contribution in [3.05, 3.63) is 77.7 Å². The van der Waals surface area contributed by atoms with Crippen molar-refractivity contribution >= 4 is 23.1 Å². The maximum Gasteiger partial charge on any atom is 0.390 e. The molecule has 0 bridgehead atoms. The van der Waals surface area contributed by atoms with Crippen LogP contribution in [-0.4, -0.2) is 39.0 Å². The second kappa shape index (κ2) is 10.1. The molecule has 2 heterocycles. The summed E-state index contributed by atoms with van der Waals surface area (Å²) < 4.78 is 40.1. The summed E-state index contributed by atoms with van der Waals surface area (Å²) in [4.78, 5) is 21.6. The summed E-state index contributed by atoms with van der Waals surface area (Å²) in [6, 6.07) is 15.4. The quantitative estimate of drug-likeness (QED) is 0.275. The van der Waals surface area contributed by atoms with Gasteiger partial charge in [-0.05, 0) is 49.6 Å². The third-order valence-electron chi connectivity index (χ3n) is 6.17. The van der Waals surface area contributed by atoms with Gasteiger partial charge in [-0.15, -0.1) is 0 Å². The number of rotatable bonds is 9. The molecular weight excluding hydrogens is 481 g/mol. The van der Waals surface area contributed by atoms with Crippen LogP contribution >= 0.6 is 0 Å². The van der Waals surface area contributed by atoms with Crippen LogP contribution in [0.4, 0.5) is 24.7 Å². The highest BCUT2D eigenvalue weighted by Gasteiger charge is 2.27. The number of alkyl halides is 3. The van der Waals surface area contributed by atoms with Crippen molar-refractivity contribution in [2.24, 2.45) is 0 Å². The van der Waals surface area contributed by atoms with Crippen molar-refractivity contribution in [3.8, 4) is 11.3 Å². The monoisotopic (exact) mass is 508 g/mol. The van der Waals surface area contributed by atoms with Gasteiger partial charge in [0.1, 0.15) is 0 Å². The summed E-state index contributed by atoms with van der Waals surface area (Å²) in [5.74, 6) is 0.194. The fraction of sp³-hybridized carbons (Fsp3) is 0.296. The number of fused-ring (bicyclic) bond motifs is 1. The molecule has 2 aromatic carbocycles. The number of carbonyl (C=O) groups is 1. The summed E-state index contributed by atoms with van der Waals surface area (Å²) in [6.45, 7) is 1.94. The molecule has 1 amide bonds. The number of para-hydroxylation sites is 1. The van der Waals surface area contributed by atoms with E-state index in [-0.39, 0.29) is 24.3 Å². The number of aryl methyl sites for hydroxylation is 1. The number of halogens is 3. The van der Waals surface area contributed by atoms with Gasteiger partial charge in [0.2, 0.25) is 0 Å². The van der Waals surface area contributed by atoms with Crippen molar-refractivity contribution in [2.45, 2.75) is 44.9 Å². The Morgan fingerprint density at radius 2 is 1.89 bits per heavy atom. The second-order valence-electron chi connectivity index (χ2n) is 9.21. The fourth-order valence-corrected chi connectivity index (χ4v) is 4.10. The van der Waals surface area contributed by atoms with Crippen LogP contribution in [0.2, 0.25) is 0 Å². The molecule has 2 aromatic heterocycles. The molecule has 0 spiro atoms. The lowest BCUT2D eigenvalue weighted by molar-refractivity contribution is -0.131. The Hall–Kier alpha value is -4.08. The number of benzene rings is 2. The molecule has 0 aliphatic heterocycles. The SMILES string of the molecule is Cc1cc(-c2cnc3c(NCCC(F)(F)F)nc(CNc4ccccc4)cn23)ccc1C(=O)NC1CC1. The Bertz CT molecular complexity index is 1410. The zero-order valence-corrected chi connectivity index (χ0v) is 20.3. The molecule has 7 nitrogen and oxygen atoms in total. The van der Waals surface area contributed by atoms with E-state index in [9.17, 15) is 18.0 Å². The highest BCUT2D eigenvalue weighted by atomic mass is 19.4. The van der Waals surface area contributed by atoms with Gasteiger partial charge in [-0.3, -0.25) is 9.20 Å². The van der Waals surface area contributed by atoms with E-state index >= 15 is 0 Å². The molecule has 10 heteroatoms. The zero-order chi connectivity index (χ0) is 26.0. The highest BCUT2D eigenvalue weighted by molar-refractivity contribution is 5.96. The van der Waals surface area contributed by atoms with Gasteiger partial charge >= 0.3 is 6.18 Å². The average molecular weight is 509 g/mol. The molecular formula is C27H27F3N6O. The smallest absolute Gasteiger partial charge is 0.379 e. The normalized spacial score (nSPS) is 13.5. The number of anilines is 2. The Balaban J connectivity index is 1.46. The van der Waals surface area contributed by atoms with E-state index in [2.05, 4.69) is 25.9 Å². The molecule has 3 N–H and O–H groups in total. The van der Waals surface area contributed by atoms with Gasteiger partial charge < -0.3 is 16.0 Å². The van der Waals surface area contributed by atoms with Gasteiger partial charge in [0.05, 0.1) is 30.6 Å². The van der Waals surface area contributed by atoms with E-state index in [4.69, 9.17) is 0 Å². The molecule has 1 aliphatic rings. The van der Waals surface area contributed by atoms with Gasteiger partial charge in [0.25, 0.3) is 5.91 Å². The Labute approximate surface area is 212 Å². The third-order valence-corrected chi connectivity index (χ3v) is 6.17. The molecule has 0 radical (unpaired) electrons. The summed E-state index contributed by atoms with van der Waals surface area (Å²) in [6.07, 6.45) is 0.260. The van der Waals surface area contributed by atoms with Crippen molar-refractivity contribution in [1.82, 2.24) is 19.7 Å². The highest BCUT2D eigenvalue weighted by Crippen LogP contribution is 2.28. The lowest BCUT2D eigenvalue weighted by Gasteiger charge is -2.13. The molecule has 1 fully saturated rings. The van der Waals surface area contributed by atoms with E-state index in [0.29, 0.717) is 23.4 Å². The minimum Gasteiger partial charge on any atom is -0.379 e. The summed E-state index contributed by atoms with van der Waals surface area (Å²) >= 11 is 0. The van der Waals surface area contributed by atoms with E-state index in [1.165, 1.54) is 0 Å². The van der Waals surface area contributed by atoms with Crippen molar-refractivity contribution in [2.75, 3.05) is 17.2 Å². The van der Waals surface area contributed by atoms with E-state index in [0.717, 1.165) is 35.3 Å². The molecule has 0 saturated heterocycles. The molecule has 5 rings (SSSR count). The second-order valence-corrected chi connectivity index (χ2v) is 9.21. The molecule has 0 atom stereocenters. The van der Waals surface area contributed by atoms with Crippen LogP contribution in [0.15, 0.2) is 60.9 Å². The van der Waals surface area contributed by atoms with Gasteiger partial charge in [0.15, 0.2) is 11.5 Å². The summed E-state index contributed by atoms with van der Waals surface area (Å²) in [5, 5.41) is 9.11. The number of hydrogen-bond donors (Lipinski definition) is 3. The molecule has 37 heavy (non-hydrogen) atoms. The van der Waals surface area contributed by atoms with E-state index < -0.39 is 12.6 Å². The van der Waals surface area contributed by atoms with Crippen LogP contribution in [0.3, 0.4) is 0 Å². The minimum absolute atomic E-state index is 0.0840. The van der Waals surface area contributed by atoms with Crippen LogP contribution in [0.25, 0.3) is 16.9 Å². The average Bonchev–Trinajstić information content (AvgIpc) is 3.57. The van der Waals surface area contributed by atoms with Crippen molar-refractivity contribution in [3.63, 3.8) is 0 Å². The maximum absolute atomic E-state index is 12.8. The van der Waals surface area contributed by atoms with Crippen LogP contribution in [0, 0.1) is 6.92 Å². The van der Waals surface area contributed by atoms with Crippen LogP contribution in [0.1, 0.15) is 40.9 Å². The fourth-order valence-electron chi connectivity index (χ4n) is 4.10. The lowest BCUT2D eigenvalue weighted by atomic mass is 10.0. The molecule has 1 aliphatic carbocycles. The number of aromatic nitrogens is 3. The Kier molecular flexibility index (Phi) is 6.73. The van der Waals surface area contributed by atoms with E-state index in [1.807, 2.05) is 60.0 Å². The first-order valence-electron chi connectivity index (χ1n) is 12.2. The summed E-state index contributed by atoms with van der Waals surface area (Å²) in [7, 11) is 0. The van der Waals surface area contributed by atoms with Crippen LogP contribution in [-0.2, 0) is 6.54 Å². The first kappa shape index (κ1) is 24.6. The van der Waals surface area contributed by atoms with Crippen LogP contribution < -0.4 is 16.0 Å². The standard InChI is InChI=1S/C27H27F3N6O/c1-17-13-18(7-10-22(17)26(37)35-20-8-9-20)23-15-33-25-24(31-12-11-27(28,29)30)34-21(16-36(23)25)14-32-19-5-3-2-4-6-19/h2-7,10,13,15-16,20,32H,8-9,11-12,14H2,1H3,(H,31,34)(H,35,37). The molecule has 4 aromatic rings. The molecule has 1 saturated carbocycles. The van der Waals surface area contributed by atoms with Gasteiger partial charge in [-0.2, -0.15) is 13.2 Å². The number of nitrogens with one attached hydrogen (secondary N) is 3. The first-order valence-corrected chi connectivity index (χ1v) is 12.2. The number of carbonyl (C=O) groups excluding carboxylic acids is 1. The lowest BCUT2D eigenvalue weighted by Crippen LogP contribution is -2.26. The van der Waals surface area contributed by atoms with Crippen LogP contribution in [0.5, 0.6) is 0 Å². The zero-order valence-electron chi connectivity index (χ0n) is 20.3. The number of imidazole rings is 1. The predicted molar refractivity (Wildman–Crippen MR) is 137 cm³/mol. The first-order chi connectivity index (χ1) is 17.8. The molecule has 192 valence electrons. The van der Waals surface area contributed by atoms with Crippen molar-refractivity contribution in [1.29, 1.82) is 0 Å². The largest absolute Gasteiger partial charge is 0.390 e. The Morgan fingerprint density at radius 3 is 2.59 bits per heavy atom. The number of amides is 1. The minimum atomic E-state index is -4.28. The topological polar surface area (TPSA) is 83.3 Å². The van der Waals surface area contributed by atoms with E-state index in [1.54, 1.807) is 12.3 Å². The number of hydrogen-bond acceptors (Lipinski definition) is 5. The summed E-state index contributed by atoms with van der Waals surface area (Å²) in [5.41, 5.74) is 4.98. The maximum atomic E-state index is 12.8. The van der Waals surface area contributed by atoms with Crippen molar-refractivity contribution < 1.29 is 18.0 Å².